The molecule has 2 aliphatic rings. The first kappa shape index (κ1) is 18.5. The van der Waals surface area contributed by atoms with Gasteiger partial charge in [-0.25, -0.2) is 0 Å². The lowest BCUT2D eigenvalue weighted by atomic mass is 10.0. The Morgan fingerprint density at radius 2 is 1.82 bits per heavy atom. The summed E-state index contributed by atoms with van der Waals surface area (Å²) < 4.78 is 5.18. The van der Waals surface area contributed by atoms with Crippen molar-refractivity contribution in [1.82, 2.24) is 15.5 Å². The minimum absolute atomic E-state index is 0.0159. The molecule has 0 bridgehead atoms. The maximum atomic E-state index is 12.9. The quantitative estimate of drug-likeness (QED) is 0.798. The number of hydrogen-bond donors (Lipinski definition) is 2. The summed E-state index contributed by atoms with van der Waals surface area (Å²) in [6.07, 6.45) is 1.17. The zero-order valence-electron chi connectivity index (χ0n) is 15.9. The van der Waals surface area contributed by atoms with Gasteiger partial charge in [-0.05, 0) is 29.7 Å². The molecule has 6 heteroatoms. The Bertz CT molecular complexity index is 838. The third-order valence-corrected chi connectivity index (χ3v) is 5.54. The number of rotatable bonds is 6. The van der Waals surface area contributed by atoms with Crippen molar-refractivity contribution in [3.63, 3.8) is 0 Å². The minimum atomic E-state index is -0.480. The molecule has 2 heterocycles. The van der Waals surface area contributed by atoms with Crippen molar-refractivity contribution in [2.75, 3.05) is 13.7 Å². The van der Waals surface area contributed by atoms with Gasteiger partial charge in [0.2, 0.25) is 11.8 Å². The number of nitrogens with one attached hydrogen (secondary N) is 2. The van der Waals surface area contributed by atoms with Crippen molar-refractivity contribution in [2.24, 2.45) is 0 Å². The van der Waals surface area contributed by atoms with Crippen LogP contribution in [0.4, 0.5) is 0 Å². The number of ether oxygens (including phenoxy) is 1. The highest BCUT2D eigenvalue weighted by atomic mass is 16.5. The molecule has 0 unspecified atom stereocenters. The van der Waals surface area contributed by atoms with E-state index in [-0.39, 0.29) is 23.9 Å². The lowest BCUT2D eigenvalue weighted by Gasteiger charge is -2.34. The van der Waals surface area contributed by atoms with Gasteiger partial charge in [-0.3, -0.25) is 9.59 Å². The molecule has 2 amide bonds. The highest BCUT2D eigenvalue weighted by molar-refractivity contribution is 5.97. The maximum Gasteiger partial charge on any atom is 0.246 e. The Labute approximate surface area is 164 Å². The van der Waals surface area contributed by atoms with E-state index in [1.165, 1.54) is 0 Å². The van der Waals surface area contributed by atoms with Crippen LogP contribution in [-0.2, 0) is 22.6 Å². The first-order valence-electron chi connectivity index (χ1n) is 9.65. The van der Waals surface area contributed by atoms with Gasteiger partial charge >= 0.3 is 0 Å². The highest BCUT2D eigenvalue weighted by Crippen LogP contribution is 2.24. The lowest BCUT2D eigenvalue weighted by Crippen LogP contribution is -2.61. The summed E-state index contributed by atoms with van der Waals surface area (Å²) in [4.78, 5) is 27.2. The van der Waals surface area contributed by atoms with E-state index in [2.05, 4.69) is 10.6 Å². The Kier molecular flexibility index (Phi) is 5.30. The third kappa shape index (κ3) is 3.87. The molecule has 2 aliphatic heterocycles. The molecular formula is C22H25N3O3. The van der Waals surface area contributed by atoms with Crippen LogP contribution in [0.3, 0.4) is 0 Å². The standard InChI is InChI=1S/C22H25N3O3/c1-28-18-9-7-16(8-10-18)13-23-17-12-20-21(26)24-19(22(27)25(20)14-17)11-15-5-3-2-4-6-15/h2-10,17,19-20,23H,11-14H2,1H3,(H,24,26)/t17-,19-,20-/m0/s1. The van der Waals surface area contributed by atoms with Gasteiger partial charge in [0.15, 0.2) is 0 Å². The minimum Gasteiger partial charge on any atom is -0.497 e. The number of amides is 2. The second kappa shape index (κ2) is 8.02. The van der Waals surface area contributed by atoms with E-state index < -0.39 is 6.04 Å². The molecule has 2 aromatic carbocycles. The van der Waals surface area contributed by atoms with Crippen molar-refractivity contribution in [1.29, 1.82) is 0 Å². The molecule has 0 aromatic heterocycles. The summed E-state index contributed by atoms with van der Waals surface area (Å²) in [7, 11) is 1.65. The average molecular weight is 379 g/mol. The molecule has 3 atom stereocenters. The molecule has 2 N–H and O–H groups in total. The van der Waals surface area contributed by atoms with Crippen LogP contribution in [0, 0.1) is 0 Å². The molecule has 2 aromatic rings. The number of piperazine rings is 1. The van der Waals surface area contributed by atoms with Crippen molar-refractivity contribution < 1.29 is 14.3 Å². The lowest BCUT2D eigenvalue weighted by molar-refractivity contribution is -0.147. The van der Waals surface area contributed by atoms with Gasteiger partial charge in [-0.15, -0.1) is 0 Å². The molecule has 6 nitrogen and oxygen atoms in total. The fraction of sp³-hybridized carbons (Fsp3) is 0.364. The molecule has 28 heavy (non-hydrogen) atoms. The Morgan fingerprint density at radius 3 is 2.54 bits per heavy atom. The van der Waals surface area contributed by atoms with Gasteiger partial charge < -0.3 is 20.3 Å². The number of methoxy groups -OCH3 is 1. The summed E-state index contributed by atoms with van der Waals surface area (Å²) in [5.41, 5.74) is 2.19. The molecule has 2 saturated heterocycles. The number of benzene rings is 2. The number of nitrogens with zero attached hydrogens (tertiary/aromatic N) is 1. The molecule has 0 saturated carbocycles. The van der Waals surface area contributed by atoms with Gasteiger partial charge in [0.25, 0.3) is 0 Å². The Balaban J connectivity index is 1.36. The summed E-state index contributed by atoms with van der Waals surface area (Å²) in [6, 6.07) is 17.0. The topological polar surface area (TPSA) is 70.7 Å². The fourth-order valence-corrected chi connectivity index (χ4v) is 4.00. The smallest absolute Gasteiger partial charge is 0.246 e. The second-order valence-electron chi connectivity index (χ2n) is 7.42. The SMILES string of the molecule is COc1ccc(CN[C@H]2C[C@H]3C(=O)N[C@@H](Cc4ccccc4)C(=O)N3C2)cc1. The van der Waals surface area contributed by atoms with E-state index in [0.29, 0.717) is 25.9 Å². The van der Waals surface area contributed by atoms with Gasteiger partial charge in [0.05, 0.1) is 7.11 Å². The second-order valence-corrected chi connectivity index (χ2v) is 7.42. The van der Waals surface area contributed by atoms with Crippen LogP contribution >= 0.6 is 0 Å². The normalized spacial score (nSPS) is 24.0. The molecule has 0 spiro atoms. The number of carbonyl (C=O) groups is 2. The van der Waals surface area contributed by atoms with Crippen LogP contribution < -0.4 is 15.4 Å². The average Bonchev–Trinajstić information content (AvgIpc) is 3.17. The van der Waals surface area contributed by atoms with Crippen LogP contribution in [0.1, 0.15) is 17.5 Å². The van der Waals surface area contributed by atoms with Gasteiger partial charge in [-0.1, -0.05) is 42.5 Å². The maximum absolute atomic E-state index is 12.9. The summed E-state index contributed by atoms with van der Waals surface area (Å²) in [5.74, 6) is 0.796. The molecule has 0 radical (unpaired) electrons. The molecule has 146 valence electrons. The number of fused-ring (bicyclic) bond motifs is 1. The van der Waals surface area contributed by atoms with Crippen molar-refractivity contribution in [3.8, 4) is 5.75 Å². The number of hydrogen-bond acceptors (Lipinski definition) is 4. The fourth-order valence-electron chi connectivity index (χ4n) is 4.00. The zero-order valence-corrected chi connectivity index (χ0v) is 15.9. The summed E-state index contributed by atoms with van der Waals surface area (Å²) in [5, 5.41) is 6.40. The predicted octanol–water partition coefficient (Wildman–Crippen LogP) is 1.50. The van der Waals surface area contributed by atoms with Crippen molar-refractivity contribution >= 4 is 11.8 Å². The number of carbonyl (C=O) groups excluding carboxylic acids is 2. The Hall–Kier alpha value is -2.86. The zero-order chi connectivity index (χ0) is 19.5. The summed E-state index contributed by atoms with van der Waals surface area (Å²) in [6.45, 7) is 1.26. The molecule has 4 rings (SSSR count). The predicted molar refractivity (Wildman–Crippen MR) is 106 cm³/mol. The van der Waals surface area contributed by atoms with Crippen LogP contribution in [0.2, 0.25) is 0 Å². The molecule has 2 fully saturated rings. The van der Waals surface area contributed by atoms with Gasteiger partial charge in [-0.2, -0.15) is 0 Å². The van der Waals surface area contributed by atoms with Crippen LogP contribution in [0.5, 0.6) is 5.75 Å². The van der Waals surface area contributed by atoms with E-state index in [1.54, 1.807) is 12.0 Å². The molecule has 0 aliphatic carbocycles. The van der Waals surface area contributed by atoms with Crippen molar-refractivity contribution in [2.45, 2.75) is 37.5 Å². The third-order valence-electron chi connectivity index (χ3n) is 5.54. The largest absolute Gasteiger partial charge is 0.497 e. The van der Waals surface area contributed by atoms with E-state index in [9.17, 15) is 9.59 Å². The first-order valence-corrected chi connectivity index (χ1v) is 9.65. The van der Waals surface area contributed by atoms with Crippen LogP contribution in [0.15, 0.2) is 54.6 Å². The highest BCUT2D eigenvalue weighted by Gasteiger charge is 2.46. The van der Waals surface area contributed by atoms with Gasteiger partial charge in [0, 0.05) is 25.6 Å². The van der Waals surface area contributed by atoms with Gasteiger partial charge in [0.1, 0.15) is 17.8 Å². The first-order chi connectivity index (χ1) is 13.6. The van der Waals surface area contributed by atoms with Crippen LogP contribution in [0.25, 0.3) is 0 Å². The van der Waals surface area contributed by atoms with E-state index in [4.69, 9.17) is 4.74 Å². The summed E-state index contributed by atoms with van der Waals surface area (Å²) >= 11 is 0. The Morgan fingerprint density at radius 1 is 1.07 bits per heavy atom. The monoisotopic (exact) mass is 379 g/mol. The van der Waals surface area contributed by atoms with E-state index in [1.807, 2.05) is 54.6 Å². The van der Waals surface area contributed by atoms with E-state index >= 15 is 0 Å². The van der Waals surface area contributed by atoms with Crippen LogP contribution in [-0.4, -0.2) is 48.5 Å². The van der Waals surface area contributed by atoms with Crippen molar-refractivity contribution in [3.05, 3.63) is 65.7 Å². The molecular weight excluding hydrogens is 354 g/mol. The van der Waals surface area contributed by atoms with E-state index in [0.717, 1.165) is 16.9 Å².